The summed E-state index contributed by atoms with van der Waals surface area (Å²) >= 11 is 0. The van der Waals surface area contributed by atoms with Gasteiger partial charge in [-0.1, -0.05) is 6.07 Å². The third kappa shape index (κ3) is 4.04. The van der Waals surface area contributed by atoms with Gasteiger partial charge in [-0.3, -0.25) is 9.69 Å². The fraction of sp³-hybridized carbons (Fsp3) is 0.429. The van der Waals surface area contributed by atoms with E-state index in [1.54, 1.807) is 11.9 Å². The van der Waals surface area contributed by atoms with E-state index in [2.05, 4.69) is 16.1 Å². The van der Waals surface area contributed by atoms with Crippen molar-refractivity contribution in [1.82, 2.24) is 4.90 Å². The number of carbonyl (C=O) groups excluding carboxylic acids is 1. The van der Waals surface area contributed by atoms with Crippen LogP contribution >= 0.6 is 0 Å². The van der Waals surface area contributed by atoms with Crippen LogP contribution in [0.3, 0.4) is 0 Å². The number of phenolic OH excluding ortho intramolecular Hbond substituents is 1. The van der Waals surface area contributed by atoms with Crippen molar-refractivity contribution in [3.05, 3.63) is 18.2 Å². The van der Waals surface area contributed by atoms with E-state index in [4.69, 9.17) is 5.26 Å². The lowest BCUT2D eigenvalue weighted by atomic mass is 10.1. The summed E-state index contributed by atoms with van der Waals surface area (Å²) in [5.41, 5.74) is -0.181. The van der Waals surface area contributed by atoms with Gasteiger partial charge in [-0.2, -0.15) is 5.26 Å². The van der Waals surface area contributed by atoms with Crippen molar-refractivity contribution in [1.29, 1.82) is 5.26 Å². The molecule has 0 spiro atoms. The average molecular weight is 329 g/mol. The molecule has 1 saturated heterocycles. The minimum Gasteiger partial charge on any atom is -0.503 e. The van der Waals surface area contributed by atoms with Gasteiger partial charge >= 0.3 is 6.36 Å². The van der Waals surface area contributed by atoms with Gasteiger partial charge in [-0.05, 0) is 25.6 Å². The Bertz CT molecular complexity index is 642. The third-order valence-electron chi connectivity index (χ3n) is 3.55. The highest BCUT2D eigenvalue weighted by Crippen LogP contribution is 2.37. The molecule has 1 fully saturated rings. The number of carbonyl (C=O) groups is 1. The fourth-order valence-electron chi connectivity index (χ4n) is 2.41. The maximum atomic E-state index is 12.2. The predicted molar refractivity (Wildman–Crippen MR) is 73.6 cm³/mol. The molecule has 0 saturated carbocycles. The molecule has 2 atom stereocenters. The first kappa shape index (κ1) is 16.9. The minimum absolute atomic E-state index is 0.181. The number of halogens is 3. The van der Waals surface area contributed by atoms with Gasteiger partial charge in [0, 0.05) is 6.54 Å². The Morgan fingerprint density at radius 2 is 2.22 bits per heavy atom. The number of para-hydroxylation sites is 1. The largest absolute Gasteiger partial charge is 0.573 e. The fourth-order valence-corrected chi connectivity index (χ4v) is 2.41. The zero-order valence-corrected chi connectivity index (χ0v) is 12.1. The van der Waals surface area contributed by atoms with Crippen molar-refractivity contribution >= 4 is 11.6 Å². The molecule has 6 nitrogen and oxygen atoms in total. The van der Waals surface area contributed by atoms with Crippen LogP contribution in [0.2, 0.25) is 0 Å². The molecule has 9 heteroatoms. The quantitative estimate of drug-likeness (QED) is 0.829. The van der Waals surface area contributed by atoms with E-state index in [-0.39, 0.29) is 11.7 Å². The van der Waals surface area contributed by atoms with Gasteiger partial charge in [0.2, 0.25) is 5.91 Å². The number of hydrogen-bond acceptors (Lipinski definition) is 5. The Kier molecular flexibility index (Phi) is 4.65. The number of nitrogens with one attached hydrogen (secondary N) is 1. The molecule has 124 valence electrons. The van der Waals surface area contributed by atoms with E-state index in [1.807, 2.05) is 0 Å². The van der Waals surface area contributed by atoms with Gasteiger partial charge in [0.05, 0.1) is 23.7 Å². The van der Waals surface area contributed by atoms with E-state index in [0.29, 0.717) is 13.0 Å². The molecular formula is C14H14F3N3O3. The molecule has 2 unspecified atom stereocenters. The van der Waals surface area contributed by atoms with E-state index >= 15 is 0 Å². The predicted octanol–water partition coefficient (Wildman–Crippen LogP) is 2.07. The summed E-state index contributed by atoms with van der Waals surface area (Å²) in [6, 6.07) is 5.09. The maximum Gasteiger partial charge on any atom is 0.573 e. The number of rotatable bonds is 3. The van der Waals surface area contributed by atoms with Crippen LogP contribution in [-0.4, -0.2) is 41.9 Å². The van der Waals surface area contributed by atoms with Crippen LogP contribution in [0.15, 0.2) is 18.2 Å². The molecule has 1 amide bonds. The number of amides is 1. The van der Waals surface area contributed by atoms with Gasteiger partial charge in [-0.15, -0.1) is 13.2 Å². The number of anilines is 1. The summed E-state index contributed by atoms with van der Waals surface area (Å²) in [6.07, 6.45) is -4.63. The molecule has 1 heterocycles. The first-order chi connectivity index (χ1) is 10.7. The average Bonchev–Trinajstić information content (AvgIpc) is 2.83. The van der Waals surface area contributed by atoms with Gasteiger partial charge in [0.25, 0.3) is 0 Å². The number of alkyl halides is 3. The van der Waals surface area contributed by atoms with Crippen molar-refractivity contribution in [2.24, 2.45) is 5.92 Å². The summed E-state index contributed by atoms with van der Waals surface area (Å²) < 4.78 is 40.4. The first-order valence-corrected chi connectivity index (χ1v) is 6.69. The highest BCUT2D eigenvalue weighted by Gasteiger charge is 2.35. The van der Waals surface area contributed by atoms with Crippen molar-refractivity contribution in [3.63, 3.8) is 0 Å². The second-order valence-corrected chi connectivity index (χ2v) is 5.21. The number of benzene rings is 1. The Morgan fingerprint density at radius 1 is 1.52 bits per heavy atom. The second kappa shape index (κ2) is 6.34. The molecule has 0 aliphatic carbocycles. The lowest BCUT2D eigenvalue weighted by Gasteiger charge is -2.15. The zero-order chi connectivity index (χ0) is 17.2. The van der Waals surface area contributed by atoms with Crippen molar-refractivity contribution < 1.29 is 27.8 Å². The van der Waals surface area contributed by atoms with Crippen LogP contribution in [0.5, 0.6) is 11.5 Å². The lowest BCUT2D eigenvalue weighted by Crippen LogP contribution is -2.26. The Morgan fingerprint density at radius 3 is 2.78 bits per heavy atom. The van der Waals surface area contributed by atoms with Gasteiger partial charge < -0.3 is 15.2 Å². The molecule has 0 aromatic heterocycles. The van der Waals surface area contributed by atoms with Crippen LogP contribution < -0.4 is 10.1 Å². The first-order valence-electron chi connectivity index (χ1n) is 6.69. The van der Waals surface area contributed by atoms with Crippen LogP contribution in [-0.2, 0) is 4.79 Å². The summed E-state index contributed by atoms with van der Waals surface area (Å²) in [5.74, 6) is -2.57. The highest BCUT2D eigenvalue weighted by molar-refractivity contribution is 5.94. The lowest BCUT2D eigenvalue weighted by molar-refractivity contribution is -0.275. The molecular weight excluding hydrogens is 315 g/mol. The van der Waals surface area contributed by atoms with E-state index in [1.165, 1.54) is 12.1 Å². The number of likely N-dealkylation sites (tertiary alicyclic amines) is 1. The summed E-state index contributed by atoms with van der Waals surface area (Å²) in [6.45, 7) is 0.351. The highest BCUT2D eigenvalue weighted by atomic mass is 19.4. The van der Waals surface area contributed by atoms with E-state index in [9.17, 15) is 23.1 Å². The number of ether oxygens (including phenoxy) is 1. The summed E-state index contributed by atoms with van der Waals surface area (Å²) in [4.78, 5) is 13.9. The van der Waals surface area contributed by atoms with Crippen molar-refractivity contribution in [2.75, 3.05) is 18.9 Å². The summed E-state index contributed by atoms with van der Waals surface area (Å²) in [7, 11) is 1.70. The SMILES string of the molecule is CN1CC(C(=O)Nc2cccc(OC(F)(F)F)c2O)CC1C#N. The summed E-state index contributed by atoms with van der Waals surface area (Å²) in [5, 5.41) is 21.1. The number of nitriles is 1. The number of hydrogen-bond donors (Lipinski definition) is 2. The molecule has 1 aromatic carbocycles. The molecule has 0 bridgehead atoms. The number of nitrogens with zero attached hydrogens (tertiary/aromatic N) is 2. The Labute approximate surface area is 130 Å². The molecule has 2 rings (SSSR count). The monoisotopic (exact) mass is 329 g/mol. The standard InChI is InChI=1S/C14H14F3N3O3/c1-20-7-8(5-9(20)6-18)13(22)19-10-3-2-4-11(12(10)21)23-14(15,16)17/h2-4,8-9,21H,5,7H2,1H3,(H,19,22). The molecule has 1 aliphatic rings. The molecule has 23 heavy (non-hydrogen) atoms. The second-order valence-electron chi connectivity index (χ2n) is 5.21. The normalized spacial score (nSPS) is 21.7. The molecule has 1 aromatic rings. The van der Waals surface area contributed by atoms with Crippen LogP contribution in [0.25, 0.3) is 0 Å². The van der Waals surface area contributed by atoms with Gasteiger partial charge in [0.1, 0.15) is 0 Å². The van der Waals surface area contributed by atoms with E-state index < -0.39 is 29.7 Å². The van der Waals surface area contributed by atoms with Crippen LogP contribution in [0.1, 0.15) is 6.42 Å². The van der Waals surface area contributed by atoms with Gasteiger partial charge in [-0.25, -0.2) is 0 Å². The van der Waals surface area contributed by atoms with Crippen LogP contribution in [0, 0.1) is 17.2 Å². The van der Waals surface area contributed by atoms with Crippen molar-refractivity contribution in [2.45, 2.75) is 18.8 Å². The molecule has 2 N–H and O–H groups in total. The Balaban J connectivity index is 2.10. The topological polar surface area (TPSA) is 85.6 Å². The smallest absolute Gasteiger partial charge is 0.503 e. The Hall–Kier alpha value is -2.47. The minimum atomic E-state index is -4.95. The molecule has 1 aliphatic heterocycles. The van der Waals surface area contributed by atoms with E-state index in [0.717, 1.165) is 6.07 Å². The maximum absolute atomic E-state index is 12.2. The van der Waals surface area contributed by atoms with Gasteiger partial charge in [0.15, 0.2) is 11.5 Å². The molecule has 0 radical (unpaired) electrons. The van der Waals surface area contributed by atoms with Crippen molar-refractivity contribution in [3.8, 4) is 17.6 Å². The zero-order valence-electron chi connectivity index (χ0n) is 12.1. The number of phenols is 1. The number of aromatic hydroxyl groups is 1. The van der Waals surface area contributed by atoms with Crippen LogP contribution in [0.4, 0.5) is 18.9 Å². The third-order valence-corrected chi connectivity index (χ3v) is 3.55.